The average Bonchev–Trinajstić information content (AvgIpc) is 2.80. The van der Waals surface area contributed by atoms with Crippen LogP contribution >= 0.6 is 11.3 Å². The molecule has 0 aromatic carbocycles. The molecule has 0 radical (unpaired) electrons. The molecular weight excluding hydrogens is 240 g/mol. The molecule has 2 nitrogen and oxygen atoms in total. The zero-order chi connectivity index (χ0) is 13.0. The van der Waals surface area contributed by atoms with Crippen molar-refractivity contribution in [1.82, 2.24) is 10.2 Å². The van der Waals surface area contributed by atoms with Crippen LogP contribution in [0.1, 0.15) is 39.2 Å². The smallest absolute Gasteiger partial charge is 0.0241 e. The zero-order valence-corrected chi connectivity index (χ0v) is 12.7. The molecule has 0 spiro atoms. The van der Waals surface area contributed by atoms with E-state index < -0.39 is 0 Å². The van der Waals surface area contributed by atoms with Crippen molar-refractivity contribution in [2.45, 2.75) is 45.7 Å². The largest absolute Gasteiger partial charge is 0.312 e. The van der Waals surface area contributed by atoms with Crippen molar-refractivity contribution in [3.63, 3.8) is 0 Å². The number of nitrogens with one attached hydrogen (secondary N) is 1. The lowest BCUT2D eigenvalue weighted by molar-refractivity contribution is 0.170. The summed E-state index contributed by atoms with van der Waals surface area (Å²) in [5.74, 6) is 0.864. The predicted octanol–water partition coefficient (Wildman–Crippen LogP) is 3.35. The molecule has 0 atom stereocenters. The molecule has 18 heavy (non-hydrogen) atoms. The molecule has 3 heteroatoms. The van der Waals surface area contributed by atoms with Crippen LogP contribution in [0.3, 0.4) is 0 Å². The molecule has 0 unspecified atom stereocenters. The first kappa shape index (κ1) is 14.0. The van der Waals surface area contributed by atoms with E-state index in [1.54, 1.807) is 11.3 Å². The second-order valence-electron chi connectivity index (χ2n) is 6.48. The number of hydrogen-bond donors (Lipinski definition) is 1. The predicted molar refractivity (Wildman–Crippen MR) is 80.1 cm³/mol. The lowest BCUT2D eigenvalue weighted by Gasteiger charge is -2.33. The van der Waals surface area contributed by atoms with E-state index in [1.807, 2.05) is 0 Å². The van der Waals surface area contributed by atoms with Gasteiger partial charge in [-0.1, -0.05) is 0 Å². The van der Waals surface area contributed by atoms with Crippen molar-refractivity contribution in [1.29, 1.82) is 0 Å². The highest BCUT2D eigenvalue weighted by molar-refractivity contribution is 7.07. The number of thiophene rings is 1. The summed E-state index contributed by atoms with van der Waals surface area (Å²) in [6.07, 6.45) is 2.68. The standard InChI is InChI=1S/C15H26N2S/c1-15(2,3)16-10-13-4-7-17(8-5-13)11-14-6-9-18-12-14/h6,9,12-13,16H,4-5,7-8,10-11H2,1-3H3. The maximum absolute atomic E-state index is 3.64. The Bertz CT molecular complexity index is 332. The third kappa shape index (κ3) is 4.71. The molecule has 1 fully saturated rings. The number of hydrogen-bond acceptors (Lipinski definition) is 3. The van der Waals surface area contributed by atoms with Gasteiger partial charge in [0.05, 0.1) is 0 Å². The molecule has 2 heterocycles. The van der Waals surface area contributed by atoms with Crippen molar-refractivity contribution in [3.8, 4) is 0 Å². The normalized spacial score (nSPS) is 19.3. The SMILES string of the molecule is CC(C)(C)NCC1CCN(Cc2ccsc2)CC1. The summed E-state index contributed by atoms with van der Waals surface area (Å²) in [7, 11) is 0. The van der Waals surface area contributed by atoms with Crippen LogP contribution in [-0.4, -0.2) is 30.1 Å². The quantitative estimate of drug-likeness (QED) is 0.899. The van der Waals surface area contributed by atoms with Gasteiger partial charge in [-0.15, -0.1) is 0 Å². The second kappa shape index (κ2) is 6.18. The Hall–Kier alpha value is -0.380. The van der Waals surface area contributed by atoms with Gasteiger partial charge in [0.15, 0.2) is 0 Å². The van der Waals surface area contributed by atoms with E-state index in [-0.39, 0.29) is 5.54 Å². The van der Waals surface area contributed by atoms with Crippen molar-refractivity contribution in [2.75, 3.05) is 19.6 Å². The van der Waals surface area contributed by atoms with E-state index in [4.69, 9.17) is 0 Å². The maximum atomic E-state index is 3.64. The van der Waals surface area contributed by atoms with Crippen LogP contribution < -0.4 is 5.32 Å². The fraction of sp³-hybridized carbons (Fsp3) is 0.733. The molecule has 102 valence electrons. The molecule has 2 rings (SSSR count). The van der Waals surface area contributed by atoms with Gasteiger partial charge in [0, 0.05) is 12.1 Å². The highest BCUT2D eigenvalue weighted by Crippen LogP contribution is 2.19. The molecule has 1 aromatic rings. The van der Waals surface area contributed by atoms with Crippen molar-refractivity contribution in [3.05, 3.63) is 22.4 Å². The minimum Gasteiger partial charge on any atom is -0.312 e. The molecule has 0 bridgehead atoms. The first-order chi connectivity index (χ1) is 8.53. The van der Waals surface area contributed by atoms with Gasteiger partial charge in [0.1, 0.15) is 0 Å². The minimum atomic E-state index is 0.258. The van der Waals surface area contributed by atoms with Crippen LogP contribution in [-0.2, 0) is 6.54 Å². The maximum Gasteiger partial charge on any atom is 0.0241 e. The van der Waals surface area contributed by atoms with Gasteiger partial charge < -0.3 is 5.32 Å². The summed E-state index contributed by atoms with van der Waals surface area (Å²) in [5, 5.41) is 8.08. The van der Waals surface area contributed by atoms with Crippen LogP contribution in [0.5, 0.6) is 0 Å². The summed E-state index contributed by atoms with van der Waals surface area (Å²) in [6.45, 7) is 11.6. The van der Waals surface area contributed by atoms with Crippen LogP contribution in [0.25, 0.3) is 0 Å². The summed E-state index contributed by atoms with van der Waals surface area (Å²) in [4.78, 5) is 2.59. The molecule has 1 aliphatic heterocycles. The summed E-state index contributed by atoms with van der Waals surface area (Å²) in [6, 6.07) is 2.25. The minimum absolute atomic E-state index is 0.258. The van der Waals surface area contributed by atoms with Crippen LogP contribution in [0, 0.1) is 5.92 Å². The number of nitrogens with zero attached hydrogens (tertiary/aromatic N) is 1. The summed E-state index contributed by atoms with van der Waals surface area (Å²) >= 11 is 1.80. The van der Waals surface area contributed by atoms with Crippen molar-refractivity contribution >= 4 is 11.3 Å². The second-order valence-corrected chi connectivity index (χ2v) is 7.26. The first-order valence-corrected chi connectivity index (χ1v) is 7.96. The number of rotatable bonds is 4. The zero-order valence-electron chi connectivity index (χ0n) is 11.9. The van der Waals surface area contributed by atoms with Crippen LogP contribution in [0.15, 0.2) is 16.8 Å². The Balaban J connectivity index is 1.68. The fourth-order valence-corrected chi connectivity index (χ4v) is 3.10. The van der Waals surface area contributed by atoms with Gasteiger partial charge in [-0.3, -0.25) is 4.90 Å². The van der Waals surface area contributed by atoms with Crippen molar-refractivity contribution < 1.29 is 0 Å². The van der Waals surface area contributed by atoms with Gasteiger partial charge in [0.2, 0.25) is 0 Å². The van der Waals surface area contributed by atoms with E-state index in [0.29, 0.717) is 0 Å². The molecule has 0 amide bonds. The molecular formula is C15H26N2S. The molecule has 1 N–H and O–H groups in total. The third-order valence-corrected chi connectivity index (χ3v) is 4.35. The molecule has 0 saturated carbocycles. The first-order valence-electron chi connectivity index (χ1n) is 7.01. The van der Waals surface area contributed by atoms with Crippen LogP contribution in [0.4, 0.5) is 0 Å². The molecule has 0 aliphatic carbocycles. The van der Waals surface area contributed by atoms with Crippen LogP contribution in [0.2, 0.25) is 0 Å². The monoisotopic (exact) mass is 266 g/mol. The van der Waals surface area contributed by atoms with Crippen molar-refractivity contribution in [2.24, 2.45) is 5.92 Å². The number of likely N-dealkylation sites (tertiary alicyclic amines) is 1. The van der Waals surface area contributed by atoms with E-state index in [9.17, 15) is 0 Å². The van der Waals surface area contributed by atoms with Gasteiger partial charge >= 0.3 is 0 Å². The summed E-state index contributed by atoms with van der Waals surface area (Å²) < 4.78 is 0. The summed E-state index contributed by atoms with van der Waals surface area (Å²) in [5.41, 5.74) is 1.74. The lowest BCUT2D eigenvalue weighted by atomic mass is 9.95. The Kier molecular flexibility index (Phi) is 4.82. The Morgan fingerprint density at radius 1 is 1.33 bits per heavy atom. The van der Waals surface area contributed by atoms with E-state index in [2.05, 4.69) is 47.8 Å². The van der Waals surface area contributed by atoms with Gasteiger partial charge in [-0.2, -0.15) is 11.3 Å². The van der Waals surface area contributed by atoms with E-state index in [1.165, 1.54) is 38.0 Å². The Labute approximate surface area is 115 Å². The van der Waals surface area contributed by atoms with E-state index >= 15 is 0 Å². The Morgan fingerprint density at radius 2 is 2.06 bits per heavy atom. The molecule has 1 aromatic heterocycles. The molecule has 1 aliphatic rings. The average molecular weight is 266 g/mol. The van der Waals surface area contributed by atoms with Gasteiger partial charge in [0.25, 0.3) is 0 Å². The van der Waals surface area contributed by atoms with Gasteiger partial charge in [-0.05, 0) is 81.6 Å². The molecule has 1 saturated heterocycles. The highest BCUT2D eigenvalue weighted by atomic mass is 32.1. The number of piperidine rings is 1. The van der Waals surface area contributed by atoms with Gasteiger partial charge in [-0.25, -0.2) is 0 Å². The highest BCUT2D eigenvalue weighted by Gasteiger charge is 2.20. The fourth-order valence-electron chi connectivity index (χ4n) is 2.44. The lowest BCUT2D eigenvalue weighted by Crippen LogP contribution is -2.42. The Morgan fingerprint density at radius 3 is 2.61 bits per heavy atom. The third-order valence-electron chi connectivity index (χ3n) is 3.61. The topological polar surface area (TPSA) is 15.3 Å². The van der Waals surface area contributed by atoms with E-state index in [0.717, 1.165) is 12.5 Å².